The largest absolute Gasteiger partial charge is 0.372 e. The number of hydrogen-bond acceptors (Lipinski definition) is 6. The molecule has 2 aliphatic rings. The fraction of sp³-hybridized carbons (Fsp3) is 0.476. The molecule has 0 radical (unpaired) electrons. The molecule has 1 N–H and O–H groups in total. The monoisotopic (exact) mass is 411 g/mol. The van der Waals surface area contributed by atoms with Gasteiger partial charge < -0.3 is 9.30 Å². The van der Waals surface area contributed by atoms with Crippen molar-refractivity contribution in [1.29, 1.82) is 0 Å². The zero-order valence-corrected chi connectivity index (χ0v) is 18.0. The molecule has 2 atom stereocenters. The first-order valence-corrected chi connectivity index (χ1v) is 10.8. The Bertz CT molecular complexity index is 1120. The van der Waals surface area contributed by atoms with E-state index in [0.717, 1.165) is 41.9 Å². The van der Waals surface area contributed by atoms with Gasteiger partial charge in [-0.05, 0) is 57.0 Å². The summed E-state index contributed by atoms with van der Waals surface area (Å²) < 4.78 is 8.25. The molecular weight excluding hydrogens is 386 g/mol. The summed E-state index contributed by atoms with van der Waals surface area (Å²) in [6.07, 6.45) is 2.89. The Morgan fingerprint density at radius 2 is 2.17 bits per heavy atom. The van der Waals surface area contributed by atoms with Gasteiger partial charge in [-0.1, -0.05) is 23.5 Å². The molecule has 0 spiro atoms. The Morgan fingerprint density at radius 1 is 1.34 bits per heavy atom. The fourth-order valence-corrected chi connectivity index (χ4v) is 5.95. The Balaban J connectivity index is 1.70. The van der Waals surface area contributed by atoms with Crippen molar-refractivity contribution in [2.24, 2.45) is 7.05 Å². The number of aromatic nitrogens is 3. The van der Waals surface area contributed by atoms with E-state index in [4.69, 9.17) is 4.74 Å². The molecule has 1 aliphatic carbocycles. The zero-order chi connectivity index (χ0) is 20.3. The van der Waals surface area contributed by atoms with Gasteiger partial charge in [-0.2, -0.15) is 0 Å². The number of aryl methyl sites for hydroxylation is 2. The maximum atomic E-state index is 13.3. The highest BCUT2D eigenvalue weighted by Crippen LogP contribution is 2.49. The molecule has 1 fully saturated rings. The average molecular weight is 412 g/mol. The number of amides is 1. The lowest BCUT2D eigenvalue weighted by Gasteiger charge is -2.50. The van der Waals surface area contributed by atoms with Crippen LogP contribution in [0.4, 0.5) is 5.13 Å². The van der Waals surface area contributed by atoms with E-state index in [0.29, 0.717) is 10.8 Å². The van der Waals surface area contributed by atoms with E-state index >= 15 is 0 Å². The first kappa shape index (κ1) is 18.7. The minimum absolute atomic E-state index is 0.135. The molecule has 5 rings (SSSR count). The number of ether oxygens (including phenoxy) is 1. The number of nitrogens with one attached hydrogen (secondary N) is 1. The van der Waals surface area contributed by atoms with Gasteiger partial charge in [0.05, 0.1) is 0 Å². The number of fused-ring (bicyclic) bond motifs is 2. The van der Waals surface area contributed by atoms with Crippen molar-refractivity contribution in [2.75, 3.05) is 26.0 Å². The van der Waals surface area contributed by atoms with E-state index < -0.39 is 0 Å². The third kappa shape index (κ3) is 2.59. The number of carbonyl (C=O) groups excluding carboxylic acids is 1. The second-order valence-electron chi connectivity index (χ2n) is 8.06. The number of carbonyl (C=O) groups is 1. The molecule has 1 aliphatic heterocycles. The minimum Gasteiger partial charge on any atom is -0.372 e. The number of rotatable bonds is 3. The number of methoxy groups -OCH3 is 1. The Labute approximate surface area is 173 Å². The highest BCUT2D eigenvalue weighted by molar-refractivity contribution is 7.15. The maximum Gasteiger partial charge on any atom is 0.274 e. The highest BCUT2D eigenvalue weighted by atomic mass is 32.1. The molecule has 1 saturated heterocycles. The van der Waals surface area contributed by atoms with Gasteiger partial charge in [0.15, 0.2) is 0 Å². The van der Waals surface area contributed by atoms with Gasteiger partial charge in [0.2, 0.25) is 5.13 Å². The first-order valence-electron chi connectivity index (χ1n) is 9.94. The van der Waals surface area contributed by atoms with E-state index in [1.54, 1.807) is 0 Å². The summed E-state index contributed by atoms with van der Waals surface area (Å²) >= 11 is 1.38. The van der Waals surface area contributed by atoms with Crippen LogP contribution in [-0.4, -0.2) is 52.3 Å². The zero-order valence-electron chi connectivity index (χ0n) is 17.2. The van der Waals surface area contributed by atoms with Gasteiger partial charge >= 0.3 is 0 Å². The lowest BCUT2D eigenvalue weighted by Crippen LogP contribution is -2.57. The molecule has 0 bridgehead atoms. The number of benzene rings is 1. The van der Waals surface area contributed by atoms with Crippen LogP contribution in [0.25, 0.3) is 10.9 Å². The molecular formula is C21H25N5O2S. The molecule has 8 heteroatoms. The van der Waals surface area contributed by atoms with Crippen molar-refractivity contribution >= 4 is 33.3 Å². The van der Waals surface area contributed by atoms with Crippen molar-refractivity contribution in [3.8, 4) is 0 Å². The number of likely N-dealkylation sites (tertiary alicyclic amines) is 1. The highest BCUT2D eigenvalue weighted by Gasteiger charge is 2.50. The van der Waals surface area contributed by atoms with Crippen LogP contribution >= 0.6 is 11.3 Å². The van der Waals surface area contributed by atoms with Gasteiger partial charge in [0.25, 0.3) is 5.91 Å². The normalized spacial score (nSPS) is 23.9. The van der Waals surface area contributed by atoms with Crippen molar-refractivity contribution in [3.05, 3.63) is 40.0 Å². The Morgan fingerprint density at radius 3 is 2.90 bits per heavy atom. The van der Waals surface area contributed by atoms with Crippen LogP contribution < -0.4 is 5.32 Å². The topological polar surface area (TPSA) is 72.3 Å². The Kier molecular flexibility index (Phi) is 4.27. The van der Waals surface area contributed by atoms with Gasteiger partial charge in [-0.25, -0.2) is 0 Å². The molecule has 29 heavy (non-hydrogen) atoms. The van der Waals surface area contributed by atoms with E-state index in [1.807, 2.05) is 25.6 Å². The van der Waals surface area contributed by atoms with Crippen LogP contribution in [0.15, 0.2) is 18.2 Å². The summed E-state index contributed by atoms with van der Waals surface area (Å²) in [7, 11) is 5.95. The molecule has 2 aromatic heterocycles. The molecule has 1 unspecified atom stereocenters. The molecule has 1 amide bonds. The fourth-order valence-electron chi connectivity index (χ4n) is 5.37. The summed E-state index contributed by atoms with van der Waals surface area (Å²) in [6, 6.07) is 6.55. The van der Waals surface area contributed by atoms with Crippen LogP contribution in [0.2, 0.25) is 0 Å². The van der Waals surface area contributed by atoms with E-state index in [-0.39, 0.29) is 17.6 Å². The lowest BCUT2D eigenvalue weighted by atomic mass is 9.71. The number of nitrogens with zero attached hydrogens (tertiary/aromatic N) is 4. The second kappa shape index (κ2) is 6.62. The van der Waals surface area contributed by atoms with Crippen molar-refractivity contribution in [1.82, 2.24) is 19.7 Å². The lowest BCUT2D eigenvalue weighted by molar-refractivity contribution is -0.108. The smallest absolute Gasteiger partial charge is 0.274 e. The van der Waals surface area contributed by atoms with Crippen molar-refractivity contribution in [3.63, 3.8) is 0 Å². The molecule has 3 aromatic rings. The summed E-state index contributed by atoms with van der Waals surface area (Å²) in [5.41, 5.74) is 3.74. The van der Waals surface area contributed by atoms with Gasteiger partial charge in [0, 0.05) is 31.1 Å². The summed E-state index contributed by atoms with van der Waals surface area (Å²) in [4.78, 5) is 15.7. The van der Waals surface area contributed by atoms with Crippen LogP contribution in [0, 0.1) is 6.92 Å². The number of likely N-dealkylation sites (N-methyl/N-ethyl adjacent to an activating group) is 1. The van der Waals surface area contributed by atoms with Crippen molar-refractivity contribution < 1.29 is 9.53 Å². The van der Waals surface area contributed by atoms with Crippen LogP contribution in [0.1, 0.15) is 39.5 Å². The van der Waals surface area contributed by atoms with E-state index in [2.05, 4.69) is 45.7 Å². The standard InChI is InChI=1S/C21H25N5O2S/c1-12-23-24-20(29-12)22-19(27)18-13-11-16-21(28-4,9-6-10-25(16)2)14-7-5-8-15(17(13)14)26(18)3/h5,7-8,16H,6,9-11H2,1-4H3,(H,22,24,27)/t16-,21?/m1/s1. The van der Waals surface area contributed by atoms with Crippen LogP contribution in [0.5, 0.6) is 0 Å². The molecule has 152 valence electrons. The van der Waals surface area contributed by atoms with Gasteiger partial charge in [-0.15, -0.1) is 10.2 Å². The third-order valence-corrected chi connectivity index (χ3v) is 7.39. The summed E-state index contributed by atoms with van der Waals surface area (Å²) in [5, 5.41) is 13.5. The van der Waals surface area contributed by atoms with Gasteiger partial charge in [-0.3, -0.25) is 15.0 Å². The first-order chi connectivity index (χ1) is 14.0. The van der Waals surface area contributed by atoms with Gasteiger partial charge in [0.1, 0.15) is 16.3 Å². The van der Waals surface area contributed by atoms with Crippen LogP contribution in [-0.2, 0) is 23.8 Å². The van der Waals surface area contributed by atoms with Crippen LogP contribution in [0.3, 0.4) is 0 Å². The number of piperidine rings is 1. The molecule has 3 heterocycles. The average Bonchev–Trinajstić information content (AvgIpc) is 3.24. The number of anilines is 1. The van der Waals surface area contributed by atoms with E-state index in [9.17, 15) is 4.79 Å². The molecule has 1 aromatic carbocycles. The maximum absolute atomic E-state index is 13.3. The van der Waals surface area contributed by atoms with E-state index in [1.165, 1.54) is 22.3 Å². The predicted molar refractivity (Wildman–Crippen MR) is 114 cm³/mol. The summed E-state index contributed by atoms with van der Waals surface area (Å²) in [5.74, 6) is -0.135. The predicted octanol–water partition coefficient (Wildman–Crippen LogP) is 3.08. The Hall–Kier alpha value is -2.29. The summed E-state index contributed by atoms with van der Waals surface area (Å²) in [6.45, 7) is 2.92. The second-order valence-corrected chi connectivity index (χ2v) is 9.25. The minimum atomic E-state index is -0.328. The quantitative estimate of drug-likeness (QED) is 0.717. The third-order valence-electron chi connectivity index (χ3n) is 6.64. The SMILES string of the molecule is COC12CCCN(C)[C@@H]1Cc1c(C(=O)Nc3nnc(C)s3)n(C)c3cccc2c13. The molecule has 7 nitrogen and oxygen atoms in total. The number of hydrogen-bond donors (Lipinski definition) is 1. The molecule has 0 saturated carbocycles. The van der Waals surface area contributed by atoms with Crippen molar-refractivity contribution in [2.45, 2.75) is 37.8 Å².